The highest BCUT2D eigenvalue weighted by Gasteiger charge is 2.11. The van der Waals surface area contributed by atoms with Gasteiger partial charge in [0.2, 0.25) is 0 Å². The minimum absolute atomic E-state index is 0.334. The van der Waals surface area contributed by atoms with E-state index in [2.05, 4.69) is 0 Å². The third kappa shape index (κ3) is 3.66. The van der Waals surface area contributed by atoms with Crippen LogP contribution in [-0.2, 0) is 0 Å². The molecule has 0 aliphatic rings. The first-order chi connectivity index (χ1) is 11.6. The van der Waals surface area contributed by atoms with E-state index in [0.29, 0.717) is 24.0 Å². The minimum Gasteiger partial charge on any atom is -0.490 e. The molecule has 0 saturated carbocycles. The summed E-state index contributed by atoms with van der Waals surface area (Å²) in [5.41, 5.74) is 7.89. The lowest BCUT2D eigenvalue weighted by Gasteiger charge is -2.14. The van der Waals surface area contributed by atoms with E-state index in [1.807, 2.05) is 67.6 Å². The lowest BCUT2D eigenvalue weighted by atomic mass is 10.0. The summed E-state index contributed by atoms with van der Waals surface area (Å²) in [6.45, 7) is 2.92. The zero-order valence-corrected chi connectivity index (χ0v) is 14.3. The van der Waals surface area contributed by atoms with Crippen molar-refractivity contribution in [3.63, 3.8) is 0 Å². The van der Waals surface area contributed by atoms with Crippen molar-refractivity contribution in [3.8, 4) is 11.5 Å². The van der Waals surface area contributed by atoms with Gasteiger partial charge in [-0.15, -0.1) is 0 Å². The van der Waals surface area contributed by atoms with E-state index in [1.54, 1.807) is 0 Å². The average Bonchev–Trinajstić information content (AvgIpc) is 2.59. The molecule has 0 unspecified atom stereocenters. The molecule has 0 saturated heterocycles. The van der Waals surface area contributed by atoms with Gasteiger partial charge >= 0.3 is 0 Å². The predicted molar refractivity (Wildman–Crippen MR) is 102 cm³/mol. The number of ether oxygens (including phenoxy) is 2. The molecule has 0 atom stereocenters. The molecule has 0 bridgehead atoms. The fourth-order valence-electron chi connectivity index (χ4n) is 2.57. The van der Waals surface area contributed by atoms with Crippen LogP contribution in [0.5, 0.6) is 11.5 Å². The lowest BCUT2D eigenvalue weighted by molar-refractivity contribution is 0.217. The van der Waals surface area contributed by atoms with E-state index < -0.39 is 0 Å². The highest BCUT2D eigenvalue weighted by atomic mass is 32.1. The van der Waals surface area contributed by atoms with Crippen molar-refractivity contribution in [1.82, 2.24) is 0 Å². The molecule has 3 aromatic carbocycles. The smallest absolute Gasteiger partial charge is 0.130 e. The Morgan fingerprint density at radius 1 is 0.917 bits per heavy atom. The van der Waals surface area contributed by atoms with E-state index in [-0.39, 0.29) is 0 Å². The largest absolute Gasteiger partial charge is 0.490 e. The van der Waals surface area contributed by atoms with Gasteiger partial charge < -0.3 is 15.2 Å². The van der Waals surface area contributed by atoms with Gasteiger partial charge in [0.15, 0.2) is 0 Å². The van der Waals surface area contributed by atoms with E-state index in [4.69, 9.17) is 27.4 Å². The van der Waals surface area contributed by atoms with Crippen LogP contribution in [0.2, 0.25) is 0 Å². The Hall–Kier alpha value is -2.59. The summed E-state index contributed by atoms with van der Waals surface area (Å²) in [5.74, 6) is 1.52. The van der Waals surface area contributed by atoms with Gasteiger partial charge in [-0.25, -0.2) is 0 Å². The molecule has 0 fully saturated rings. The summed E-state index contributed by atoms with van der Waals surface area (Å²) < 4.78 is 11.5. The second-order valence-corrected chi connectivity index (χ2v) is 5.97. The van der Waals surface area contributed by atoms with Gasteiger partial charge in [0.25, 0.3) is 0 Å². The monoisotopic (exact) mass is 337 g/mol. The third-order valence-corrected chi connectivity index (χ3v) is 3.97. The molecule has 0 aliphatic heterocycles. The van der Waals surface area contributed by atoms with Gasteiger partial charge in [-0.1, -0.05) is 60.2 Å². The number of thiocarbonyl (C=S) groups is 1. The molecule has 3 rings (SSSR count). The number of benzene rings is 3. The lowest BCUT2D eigenvalue weighted by Crippen LogP contribution is -2.15. The molecule has 122 valence electrons. The molecule has 3 nitrogen and oxygen atoms in total. The highest BCUT2D eigenvalue weighted by Crippen LogP contribution is 2.28. The summed E-state index contributed by atoms with van der Waals surface area (Å²) in [4.78, 5) is 0.334. The maximum Gasteiger partial charge on any atom is 0.130 e. The summed E-state index contributed by atoms with van der Waals surface area (Å²) >= 11 is 5.21. The summed E-state index contributed by atoms with van der Waals surface area (Å²) in [6, 6.07) is 19.8. The van der Waals surface area contributed by atoms with Gasteiger partial charge in [0.05, 0.1) is 5.56 Å². The number of aryl methyl sites for hydroxylation is 1. The number of fused-ring (bicyclic) bond motifs is 1. The van der Waals surface area contributed by atoms with Crippen molar-refractivity contribution in [2.45, 2.75) is 6.92 Å². The summed E-state index contributed by atoms with van der Waals surface area (Å²) in [5, 5.41) is 2.09. The highest BCUT2D eigenvalue weighted by molar-refractivity contribution is 7.80. The Morgan fingerprint density at radius 2 is 1.62 bits per heavy atom. The topological polar surface area (TPSA) is 44.5 Å². The first-order valence-corrected chi connectivity index (χ1v) is 8.20. The number of hydrogen-bond acceptors (Lipinski definition) is 3. The molecule has 0 heterocycles. The zero-order valence-electron chi connectivity index (χ0n) is 13.5. The van der Waals surface area contributed by atoms with Gasteiger partial charge in [-0.05, 0) is 35.9 Å². The molecule has 0 aromatic heterocycles. The van der Waals surface area contributed by atoms with Crippen molar-refractivity contribution in [2.24, 2.45) is 5.73 Å². The van der Waals surface area contributed by atoms with Crippen LogP contribution in [-0.4, -0.2) is 18.2 Å². The fourth-order valence-corrected chi connectivity index (χ4v) is 2.78. The van der Waals surface area contributed by atoms with Crippen LogP contribution < -0.4 is 15.2 Å². The Kier molecular flexibility index (Phi) is 4.96. The number of nitrogens with two attached hydrogens (primary N) is 1. The van der Waals surface area contributed by atoms with Crippen LogP contribution in [0, 0.1) is 6.92 Å². The molecule has 0 spiro atoms. The van der Waals surface area contributed by atoms with Crippen LogP contribution in [0.25, 0.3) is 10.8 Å². The molecule has 2 N–H and O–H groups in total. The molecular formula is C20H19NO2S. The second kappa shape index (κ2) is 7.32. The van der Waals surface area contributed by atoms with Crippen LogP contribution >= 0.6 is 12.2 Å². The predicted octanol–water partition coefficient (Wildman–Crippen LogP) is 4.24. The maximum atomic E-state index is 5.91. The Morgan fingerprint density at radius 3 is 2.38 bits per heavy atom. The molecule has 3 aromatic rings. The normalized spacial score (nSPS) is 10.5. The zero-order chi connectivity index (χ0) is 16.9. The first kappa shape index (κ1) is 16.3. The minimum atomic E-state index is 0.334. The van der Waals surface area contributed by atoms with Crippen molar-refractivity contribution in [2.75, 3.05) is 13.2 Å². The standard InChI is InChI=1S/C20H19NO2S/c1-14-6-9-16(10-7-14)22-12-13-23-18-11-8-15-4-2-3-5-17(15)19(18)20(21)24/h2-11H,12-13H2,1H3,(H2,21,24). The quantitative estimate of drug-likeness (QED) is 0.540. The maximum absolute atomic E-state index is 5.91. The molecule has 4 heteroatoms. The molecule has 0 amide bonds. The fraction of sp³-hybridized carbons (Fsp3) is 0.150. The second-order valence-electron chi connectivity index (χ2n) is 5.53. The van der Waals surface area contributed by atoms with E-state index in [0.717, 1.165) is 22.1 Å². The van der Waals surface area contributed by atoms with Crippen LogP contribution in [0.15, 0.2) is 60.7 Å². The summed E-state index contributed by atoms with van der Waals surface area (Å²) in [6.07, 6.45) is 0. The Labute approximate surface area is 147 Å². The van der Waals surface area contributed by atoms with Crippen LogP contribution in [0.4, 0.5) is 0 Å². The number of hydrogen-bond donors (Lipinski definition) is 1. The van der Waals surface area contributed by atoms with E-state index in [1.165, 1.54) is 5.56 Å². The van der Waals surface area contributed by atoms with Crippen LogP contribution in [0.1, 0.15) is 11.1 Å². The van der Waals surface area contributed by atoms with Crippen molar-refractivity contribution < 1.29 is 9.47 Å². The van der Waals surface area contributed by atoms with E-state index in [9.17, 15) is 0 Å². The molecule has 24 heavy (non-hydrogen) atoms. The first-order valence-electron chi connectivity index (χ1n) is 7.79. The van der Waals surface area contributed by atoms with Crippen molar-refractivity contribution in [3.05, 3.63) is 71.8 Å². The summed E-state index contributed by atoms with van der Waals surface area (Å²) in [7, 11) is 0. The Balaban J connectivity index is 1.69. The van der Waals surface area contributed by atoms with E-state index >= 15 is 0 Å². The molecule has 0 aliphatic carbocycles. The van der Waals surface area contributed by atoms with Gasteiger partial charge in [-0.3, -0.25) is 0 Å². The SMILES string of the molecule is Cc1ccc(OCCOc2ccc3ccccc3c2C(N)=S)cc1. The number of rotatable bonds is 6. The van der Waals surface area contributed by atoms with Crippen molar-refractivity contribution in [1.29, 1.82) is 0 Å². The Bertz CT molecular complexity index is 859. The van der Waals surface area contributed by atoms with Crippen LogP contribution in [0.3, 0.4) is 0 Å². The average molecular weight is 337 g/mol. The van der Waals surface area contributed by atoms with Gasteiger partial charge in [0, 0.05) is 0 Å². The molecule has 0 radical (unpaired) electrons. The van der Waals surface area contributed by atoms with Gasteiger partial charge in [-0.2, -0.15) is 0 Å². The van der Waals surface area contributed by atoms with Gasteiger partial charge in [0.1, 0.15) is 29.7 Å². The van der Waals surface area contributed by atoms with Crippen molar-refractivity contribution >= 4 is 28.0 Å². The molecular weight excluding hydrogens is 318 g/mol. The third-order valence-electron chi connectivity index (χ3n) is 3.77.